The third-order valence-corrected chi connectivity index (χ3v) is 4.86. The van der Waals surface area contributed by atoms with Crippen molar-refractivity contribution in [1.29, 1.82) is 0 Å². The molecule has 1 aliphatic heterocycles. The Morgan fingerprint density at radius 1 is 1.21 bits per heavy atom. The number of amides is 1. The average molecular weight is 400 g/mol. The van der Waals surface area contributed by atoms with Crippen LogP contribution < -0.4 is 10.3 Å². The Hall–Kier alpha value is -3.00. The zero-order chi connectivity index (χ0) is 19.5. The number of nitrogens with zero attached hydrogens (tertiary/aromatic N) is 5. The van der Waals surface area contributed by atoms with Crippen LogP contribution >= 0.6 is 11.6 Å². The Balaban J connectivity index is 1.34. The number of carbonyl (C=O) groups excluding carboxylic acids is 1. The lowest BCUT2D eigenvalue weighted by molar-refractivity contribution is -0.130. The highest BCUT2D eigenvalue weighted by Gasteiger charge is 2.28. The van der Waals surface area contributed by atoms with Crippen LogP contribution in [0.5, 0.6) is 6.01 Å². The van der Waals surface area contributed by atoms with Crippen molar-refractivity contribution in [3.63, 3.8) is 0 Å². The van der Waals surface area contributed by atoms with E-state index in [0.29, 0.717) is 35.4 Å². The smallest absolute Gasteiger partial charge is 0.316 e. The minimum absolute atomic E-state index is 0.0248. The third-order valence-electron chi connectivity index (χ3n) is 4.66. The molecule has 0 saturated carbocycles. The van der Waals surface area contributed by atoms with Gasteiger partial charge in [-0.3, -0.25) is 14.2 Å². The van der Waals surface area contributed by atoms with Crippen LogP contribution in [0.3, 0.4) is 0 Å². The van der Waals surface area contributed by atoms with Crippen LogP contribution in [-0.2, 0) is 11.3 Å². The van der Waals surface area contributed by atoms with E-state index in [4.69, 9.17) is 16.3 Å². The highest BCUT2D eigenvalue weighted by molar-refractivity contribution is 6.30. The van der Waals surface area contributed by atoms with Crippen molar-refractivity contribution in [2.45, 2.75) is 25.5 Å². The lowest BCUT2D eigenvalue weighted by Gasteiger charge is -2.17. The van der Waals surface area contributed by atoms with E-state index in [1.807, 2.05) is 6.07 Å². The summed E-state index contributed by atoms with van der Waals surface area (Å²) in [6, 6.07) is 7.42. The summed E-state index contributed by atoms with van der Waals surface area (Å²) >= 11 is 5.76. The summed E-state index contributed by atoms with van der Waals surface area (Å²) in [6.07, 6.45) is 5.20. The summed E-state index contributed by atoms with van der Waals surface area (Å²) in [5.41, 5.74) is 0.514. The van der Waals surface area contributed by atoms with Gasteiger partial charge in [-0.2, -0.15) is 0 Å². The van der Waals surface area contributed by atoms with Crippen molar-refractivity contribution in [2.75, 3.05) is 13.1 Å². The number of likely N-dealkylation sites (tertiary alicyclic amines) is 1. The van der Waals surface area contributed by atoms with E-state index < -0.39 is 0 Å². The van der Waals surface area contributed by atoms with E-state index in [1.54, 1.807) is 23.1 Å². The number of hydrogen-bond acceptors (Lipinski definition) is 6. The number of para-hydroxylation sites is 1. The SMILES string of the molecule is O=C(CCn1cnc2ccccc2c1=O)N1CC[C@@H](Oc2ncc(Cl)cn2)C1. The molecule has 4 rings (SSSR count). The van der Waals surface area contributed by atoms with Gasteiger partial charge in [-0.05, 0) is 12.1 Å². The van der Waals surface area contributed by atoms with Gasteiger partial charge in [-0.1, -0.05) is 23.7 Å². The highest BCUT2D eigenvalue weighted by Crippen LogP contribution is 2.17. The summed E-state index contributed by atoms with van der Waals surface area (Å²) in [7, 11) is 0. The van der Waals surface area contributed by atoms with Crippen molar-refractivity contribution >= 4 is 28.4 Å². The Morgan fingerprint density at radius 2 is 2.00 bits per heavy atom. The van der Waals surface area contributed by atoms with Gasteiger partial charge in [0, 0.05) is 25.9 Å². The minimum Gasteiger partial charge on any atom is -0.458 e. The summed E-state index contributed by atoms with van der Waals surface area (Å²) in [5, 5.41) is 0.990. The largest absolute Gasteiger partial charge is 0.458 e. The predicted octanol–water partition coefficient (Wildman–Crippen LogP) is 1.91. The van der Waals surface area contributed by atoms with E-state index >= 15 is 0 Å². The van der Waals surface area contributed by atoms with Crippen LogP contribution in [0.25, 0.3) is 10.9 Å². The second-order valence-corrected chi connectivity index (χ2v) is 7.00. The molecule has 0 aliphatic carbocycles. The molecule has 0 spiro atoms. The number of fused-ring (bicyclic) bond motifs is 1. The molecule has 3 heterocycles. The molecule has 1 aliphatic rings. The zero-order valence-corrected chi connectivity index (χ0v) is 15.7. The Labute approximate surface area is 165 Å². The van der Waals surface area contributed by atoms with Crippen LogP contribution in [0.1, 0.15) is 12.8 Å². The normalized spacial score (nSPS) is 16.5. The Bertz CT molecular complexity index is 1050. The fourth-order valence-electron chi connectivity index (χ4n) is 3.20. The van der Waals surface area contributed by atoms with Gasteiger partial charge < -0.3 is 9.64 Å². The maximum atomic E-state index is 12.5. The van der Waals surface area contributed by atoms with Gasteiger partial charge >= 0.3 is 6.01 Å². The van der Waals surface area contributed by atoms with Crippen LogP contribution in [0.4, 0.5) is 0 Å². The first kappa shape index (κ1) is 18.4. The monoisotopic (exact) mass is 399 g/mol. The van der Waals surface area contributed by atoms with E-state index in [9.17, 15) is 9.59 Å². The summed E-state index contributed by atoms with van der Waals surface area (Å²) in [6.45, 7) is 1.36. The third kappa shape index (κ3) is 3.96. The molecule has 1 saturated heterocycles. The van der Waals surface area contributed by atoms with Gasteiger partial charge in [0.1, 0.15) is 6.10 Å². The van der Waals surface area contributed by atoms with Crippen molar-refractivity contribution in [2.24, 2.45) is 0 Å². The van der Waals surface area contributed by atoms with E-state index in [-0.39, 0.29) is 36.5 Å². The summed E-state index contributed by atoms with van der Waals surface area (Å²) in [4.78, 5) is 39.0. The number of aryl methyl sites for hydroxylation is 1. The molecule has 0 N–H and O–H groups in total. The molecule has 1 aromatic carbocycles. The van der Waals surface area contributed by atoms with Gasteiger partial charge in [0.15, 0.2) is 0 Å². The van der Waals surface area contributed by atoms with E-state index in [2.05, 4.69) is 15.0 Å². The topological polar surface area (TPSA) is 90.2 Å². The number of hydrogen-bond donors (Lipinski definition) is 0. The molecule has 144 valence electrons. The fourth-order valence-corrected chi connectivity index (χ4v) is 3.30. The van der Waals surface area contributed by atoms with Crippen molar-refractivity contribution in [3.8, 4) is 6.01 Å². The van der Waals surface area contributed by atoms with Crippen LogP contribution in [0, 0.1) is 0 Å². The van der Waals surface area contributed by atoms with Crippen molar-refractivity contribution < 1.29 is 9.53 Å². The first-order valence-electron chi connectivity index (χ1n) is 8.96. The number of aromatic nitrogens is 4. The minimum atomic E-state index is -0.157. The first-order chi connectivity index (χ1) is 13.6. The maximum absolute atomic E-state index is 12.5. The molecule has 0 bridgehead atoms. The molecule has 2 aromatic heterocycles. The number of ether oxygens (including phenoxy) is 1. The second-order valence-electron chi connectivity index (χ2n) is 6.56. The molecular formula is C19H18ClN5O3. The van der Waals surface area contributed by atoms with Gasteiger partial charge in [0.05, 0.1) is 41.2 Å². The van der Waals surface area contributed by atoms with Crippen LogP contribution in [-0.4, -0.2) is 49.5 Å². The van der Waals surface area contributed by atoms with Gasteiger partial charge in [-0.25, -0.2) is 15.0 Å². The predicted molar refractivity (Wildman–Crippen MR) is 103 cm³/mol. The molecular weight excluding hydrogens is 382 g/mol. The first-order valence-corrected chi connectivity index (χ1v) is 9.34. The van der Waals surface area contributed by atoms with Crippen molar-refractivity contribution in [3.05, 3.63) is 58.4 Å². The van der Waals surface area contributed by atoms with Crippen LogP contribution in [0.15, 0.2) is 47.8 Å². The standard InChI is InChI=1S/C19H18ClN5O3/c20-13-9-21-19(22-10-13)28-14-5-7-24(11-14)17(26)6-8-25-12-23-16-4-2-1-3-15(16)18(25)27/h1-4,9-10,12,14H,5-8,11H2/t14-/m1/s1. The van der Waals surface area contributed by atoms with Crippen molar-refractivity contribution in [1.82, 2.24) is 24.4 Å². The average Bonchev–Trinajstić information content (AvgIpc) is 3.18. The summed E-state index contributed by atoms with van der Waals surface area (Å²) in [5.74, 6) is -0.0248. The number of benzene rings is 1. The molecule has 1 fully saturated rings. The van der Waals surface area contributed by atoms with Gasteiger partial charge in [-0.15, -0.1) is 0 Å². The Morgan fingerprint density at radius 3 is 2.82 bits per heavy atom. The van der Waals surface area contributed by atoms with Gasteiger partial charge in [0.2, 0.25) is 5.91 Å². The molecule has 3 aromatic rings. The number of rotatable bonds is 5. The second kappa shape index (κ2) is 7.93. The summed E-state index contributed by atoms with van der Waals surface area (Å²) < 4.78 is 7.18. The van der Waals surface area contributed by atoms with Gasteiger partial charge in [0.25, 0.3) is 5.56 Å². The molecule has 1 amide bonds. The number of halogens is 1. The van der Waals surface area contributed by atoms with Crippen LogP contribution in [0.2, 0.25) is 5.02 Å². The quantitative estimate of drug-likeness (QED) is 0.651. The zero-order valence-electron chi connectivity index (χ0n) is 15.0. The maximum Gasteiger partial charge on any atom is 0.316 e. The Kier molecular flexibility index (Phi) is 5.21. The fraction of sp³-hybridized carbons (Fsp3) is 0.316. The molecule has 8 nitrogen and oxygen atoms in total. The number of carbonyl (C=O) groups is 1. The molecule has 28 heavy (non-hydrogen) atoms. The molecule has 0 radical (unpaired) electrons. The highest BCUT2D eigenvalue weighted by atomic mass is 35.5. The van der Waals surface area contributed by atoms with E-state index in [0.717, 1.165) is 0 Å². The van der Waals surface area contributed by atoms with E-state index in [1.165, 1.54) is 23.3 Å². The lowest BCUT2D eigenvalue weighted by Crippen LogP contribution is -2.32. The molecule has 1 atom stereocenters. The lowest BCUT2D eigenvalue weighted by atomic mass is 10.2. The molecule has 0 unspecified atom stereocenters. The molecule has 9 heteroatoms.